The molecule has 5 rings (SSSR count). The van der Waals surface area contributed by atoms with Crippen molar-refractivity contribution < 1.29 is 14.0 Å². The quantitative estimate of drug-likeness (QED) is 0.665. The fourth-order valence-electron chi connectivity index (χ4n) is 4.98. The summed E-state index contributed by atoms with van der Waals surface area (Å²) in [5, 5.41) is 10.3. The highest BCUT2D eigenvalue weighted by molar-refractivity contribution is 6.06. The van der Waals surface area contributed by atoms with Gasteiger partial charge in [-0.15, -0.1) is 0 Å². The number of nitrogens with two attached hydrogens (primary N) is 1. The van der Waals surface area contributed by atoms with Crippen molar-refractivity contribution in [1.82, 2.24) is 0 Å². The molecule has 3 aromatic rings. The molecule has 152 valence electrons. The number of primary amides is 1. The molecule has 6 nitrogen and oxygen atoms in total. The Morgan fingerprint density at radius 3 is 2.45 bits per heavy atom. The third-order valence-corrected chi connectivity index (χ3v) is 6.31. The summed E-state index contributed by atoms with van der Waals surface area (Å²) in [6.07, 6.45) is 5.15. The van der Waals surface area contributed by atoms with E-state index in [1.54, 1.807) is 42.5 Å². The monoisotopic (exact) mass is 409 g/mol. The van der Waals surface area contributed by atoms with Gasteiger partial charge >= 0.3 is 0 Å². The number of carbonyl (C=O) groups excluding carboxylic acids is 2. The van der Waals surface area contributed by atoms with Crippen LogP contribution in [0.25, 0.3) is 6.08 Å². The first-order valence-corrected chi connectivity index (χ1v) is 9.99. The summed E-state index contributed by atoms with van der Waals surface area (Å²) in [4.78, 5) is 28.7. The van der Waals surface area contributed by atoms with Gasteiger partial charge in [0.2, 0.25) is 5.91 Å². The number of furan rings is 1. The lowest BCUT2D eigenvalue weighted by molar-refractivity contribution is -0.125. The molecule has 2 aliphatic rings. The summed E-state index contributed by atoms with van der Waals surface area (Å²) in [5.41, 5.74) is 6.38. The summed E-state index contributed by atoms with van der Waals surface area (Å²) in [5.74, 6) is -1.47. The van der Waals surface area contributed by atoms with Gasteiger partial charge in [0.05, 0.1) is 24.3 Å². The lowest BCUT2D eigenvalue weighted by Gasteiger charge is -2.36. The molecule has 2 aromatic carbocycles. The second kappa shape index (κ2) is 6.99. The zero-order valence-corrected chi connectivity index (χ0v) is 16.5. The third-order valence-electron chi connectivity index (χ3n) is 6.31. The Morgan fingerprint density at radius 1 is 1.03 bits per heavy atom. The summed E-state index contributed by atoms with van der Waals surface area (Å²) in [6.45, 7) is 0. The van der Waals surface area contributed by atoms with Gasteiger partial charge in [-0.1, -0.05) is 60.7 Å². The molecule has 1 amide bonds. The van der Waals surface area contributed by atoms with Gasteiger partial charge in [0.25, 0.3) is 0 Å². The van der Waals surface area contributed by atoms with E-state index < -0.39 is 29.3 Å². The average molecular weight is 409 g/mol. The molecule has 0 bridgehead atoms. The van der Waals surface area contributed by atoms with Crippen LogP contribution >= 0.6 is 0 Å². The van der Waals surface area contributed by atoms with Crippen LogP contribution in [0.15, 0.2) is 83.5 Å². The number of fused-ring (bicyclic) bond motifs is 3. The summed E-state index contributed by atoms with van der Waals surface area (Å²) in [7, 11) is 0. The van der Waals surface area contributed by atoms with Gasteiger partial charge in [-0.2, -0.15) is 5.26 Å². The van der Waals surface area contributed by atoms with Crippen LogP contribution in [-0.2, 0) is 4.79 Å². The highest BCUT2D eigenvalue weighted by atomic mass is 16.3. The first-order valence-electron chi connectivity index (χ1n) is 9.99. The van der Waals surface area contributed by atoms with Crippen molar-refractivity contribution in [3.63, 3.8) is 0 Å². The van der Waals surface area contributed by atoms with E-state index in [4.69, 9.17) is 10.2 Å². The third kappa shape index (κ3) is 2.57. The summed E-state index contributed by atoms with van der Waals surface area (Å²) in [6, 6.07) is 20.5. The lowest BCUT2D eigenvalue weighted by Crippen LogP contribution is -2.48. The zero-order chi connectivity index (χ0) is 21.6. The van der Waals surface area contributed by atoms with Crippen LogP contribution in [0.5, 0.6) is 0 Å². The molecular formula is C25H19N3O3. The minimum absolute atomic E-state index is 0.199. The van der Waals surface area contributed by atoms with Gasteiger partial charge < -0.3 is 15.1 Å². The number of amides is 1. The molecule has 0 aliphatic carbocycles. The normalized spacial score (nSPS) is 26.0. The number of rotatable bonds is 4. The SMILES string of the molecule is N#C[C@]1(C(N)=O)[C@H](c2ccco2)[C@H](C(=O)c2ccccc2)N2c3ccccc3C=C[C@H]21. The maximum atomic E-state index is 13.9. The van der Waals surface area contributed by atoms with Crippen LogP contribution in [0.1, 0.15) is 27.6 Å². The molecule has 0 saturated carbocycles. The van der Waals surface area contributed by atoms with Crippen molar-refractivity contribution in [3.05, 3.63) is 96.0 Å². The maximum Gasteiger partial charge on any atom is 0.241 e. The lowest BCUT2D eigenvalue weighted by atomic mass is 9.69. The largest absolute Gasteiger partial charge is 0.469 e. The minimum Gasteiger partial charge on any atom is -0.469 e. The number of hydrogen-bond donors (Lipinski definition) is 1. The fraction of sp³-hybridized carbons (Fsp3) is 0.160. The number of hydrogen-bond acceptors (Lipinski definition) is 5. The highest BCUT2D eigenvalue weighted by Gasteiger charge is 2.66. The van der Waals surface area contributed by atoms with Gasteiger partial charge in [-0.05, 0) is 23.8 Å². The van der Waals surface area contributed by atoms with Crippen LogP contribution < -0.4 is 10.6 Å². The van der Waals surface area contributed by atoms with E-state index in [-0.39, 0.29) is 5.78 Å². The zero-order valence-electron chi connectivity index (χ0n) is 16.5. The van der Waals surface area contributed by atoms with Crippen molar-refractivity contribution in [1.29, 1.82) is 5.26 Å². The molecule has 2 N–H and O–H groups in total. The second-order valence-corrected chi connectivity index (χ2v) is 7.78. The number of nitriles is 1. The number of benzene rings is 2. The number of anilines is 1. The Bertz CT molecular complexity index is 1230. The van der Waals surface area contributed by atoms with Crippen LogP contribution in [-0.4, -0.2) is 23.8 Å². The van der Waals surface area contributed by atoms with Crippen molar-refractivity contribution in [2.24, 2.45) is 11.1 Å². The molecule has 1 saturated heterocycles. The van der Waals surface area contributed by atoms with E-state index in [0.717, 1.165) is 11.3 Å². The Morgan fingerprint density at radius 2 is 1.77 bits per heavy atom. The molecule has 1 fully saturated rings. The number of ketones is 1. The predicted octanol–water partition coefficient (Wildman–Crippen LogP) is 3.53. The molecule has 0 unspecified atom stereocenters. The summed E-state index contributed by atoms with van der Waals surface area (Å²) < 4.78 is 5.67. The number of nitrogens with zero attached hydrogens (tertiary/aromatic N) is 2. The molecule has 4 atom stereocenters. The Labute approximate surface area is 179 Å². The summed E-state index contributed by atoms with van der Waals surface area (Å²) >= 11 is 0. The van der Waals surface area contributed by atoms with Crippen LogP contribution in [0, 0.1) is 16.7 Å². The van der Waals surface area contributed by atoms with E-state index in [9.17, 15) is 14.9 Å². The Kier molecular flexibility index (Phi) is 4.26. The van der Waals surface area contributed by atoms with Crippen LogP contribution in [0.2, 0.25) is 0 Å². The predicted molar refractivity (Wildman–Crippen MR) is 115 cm³/mol. The number of Topliss-reactive ketones (excluding diaryl/α,β-unsaturated/α-hetero) is 1. The van der Waals surface area contributed by atoms with Crippen LogP contribution in [0.3, 0.4) is 0 Å². The van der Waals surface area contributed by atoms with E-state index in [2.05, 4.69) is 6.07 Å². The molecule has 6 heteroatoms. The number of para-hydroxylation sites is 1. The molecule has 0 radical (unpaired) electrons. The van der Waals surface area contributed by atoms with Crippen molar-refractivity contribution in [2.45, 2.75) is 18.0 Å². The molecular weight excluding hydrogens is 390 g/mol. The van der Waals surface area contributed by atoms with Crippen molar-refractivity contribution in [3.8, 4) is 6.07 Å². The van der Waals surface area contributed by atoms with Crippen molar-refractivity contribution >= 4 is 23.5 Å². The Balaban J connectivity index is 1.80. The van der Waals surface area contributed by atoms with Crippen LogP contribution in [0.4, 0.5) is 5.69 Å². The molecule has 3 heterocycles. The maximum absolute atomic E-state index is 13.9. The van der Waals surface area contributed by atoms with Crippen molar-refractivity contribution in [2.75, 3.05) is 4.90 Å². The van der Waals surface area contributed by atoms with E-state index in [0.29, 0.717) is 11.3 Å². The van der Waals surface area contributed by atoms with Gasteiger partial charge in [-0.25, -0.2) is 0 Å². The molecule has 1 aromatic heterocycles. The van der Waals surface area contributed by atoms with Gasteiger partial charge in [0.1, 0.15) is 11.8 Å². The van der Waals surface area contributed by atoms with Gasteiger partial charge in [0.15, 0.2) is 11.2 Å². The number of carbonyl (C=O) groups is 2. The van der Waals surface area contributed by atoms with E-state index >= 15 is 0 Å². The highest BCUT2D eigenvalue weighted by Crippen LogP contribution is 2.55. The first kappa shape index (κ1) is 18.9. The van der Waals surface area contributed by atoms with E-state index in [1.165, 1.54) is 6.26 Å². The molecule has 0 spiro atoms. The average Bonchev–Trinajstić information content (AvgIpc) is 3.43. The molecule has 31 heavy (non-hydrogen) atoms. The second-order valence-electron chi connectivity index (χ2n) is 7.78. The van der Waals surface area contributed by atoms with Gasteiger partial charge in [0, 0.05) is 11.3 Å². The topological polar surface area (TPSA) is 100 Å². The van der Waals surface area contributed by atoms with Gasteiger partial charge in [-0.3, -0.25) is 9.59 Å². The Hall–Kier alpha value is -4.11. The standard InChI is InChI=1S/C25H19N3O3/c26-15-25(24(27)30)20-13-12-16-7-4-5-10-18(16)28(20)22(21(25)19-11-6-14-31-19)23(29)17-8-2-1-3-9-17/h1-14,20-22H,(H2,27,30)/t20-,21+,22+,25+/m0/s1. The fourth-order valence-corrected chi connectivity index (χ4v) is 4.98. The minimum atomic E-state index is -1.68. The first-order chi connectivity index (χ1) is 15.1. The smallest absolute Gasteiger partial charge is 0.241 e. The van der Waals surface area contributed by atoms with E-state index in [1.807, 2.05) is 41.3 Å². The molecule has 2 aliphatic heterocycles.